The van der Waals surface area contributed by atoms with Crippen LogP contribution in [0.15, 0.2) is 29.3 Å². The van der Waals surface area contributed by atoms with E-state index in [0.29, 0.717) is 6.54 Å². The maximum atomic E-state index is 11.5. The number of methoxy groups -OCH3 is 1. The topological polar surface area (TPSA) is 60.4 Å². The average molecular weight is 376 g/mol. The summed E-state index contributed by atoms with van der Waals surface area (Å²) in [6, 6.07) is 8.31. The van der Waals surface area contributed by atoms with Crippen LogP contribution in [0.3, 0.4) is 0 Å². The van der Waals surface area contributed by atoms with Crippen LogP contribution >= 0.6 is 0 Å². The third kappa shape index (κ3) is 5.85. The van der Waals surface area contributed by atoms with Gasteiger partial charge in [0.05, 0.1) is 19.7 Å². The van der Waals surface area contributed by atoms with E-state index in [2.05, 4.69) is 48.3 Å². The highest BCUT2D eigenvalue weighted by Gasteiger charge is 2.22. The molecule has 1 amide bonds. The van der Waals surface area contributed by atoms with E-state index in [0.717, 1.165) is 44.4 Å². The molecule has 150 valence electrons. The van der Waals surface area contributed by atoms with Gasteiger partial charge in [-0.05, 0) is 38.7 Å². The lowest BCUT2D eigenvalue weighted by atomic mass is 10.1. The molecule has 0 spiro atoms. The van der Waals surface area contributed by atoms with Gasteiger partial charge in [0.15, 0.2) is 5.96 Å². The van der Waals surface area contributed by atoms with Gasteiger partial charge < -0.3 is 24.8 Å². The van der Waals surface area contributed by atoms with Gasteiger partial charge in [-0.3, -0.25) is 9.79 Å². The third-order valence-electron chi connectivity index (χ3n) is 4.88. The molecule has 1 unspecified atom stereocenters. The van der Waals surface area contributed by atoms with Crippen LogP contribution in [0.4, 0.5) is 0 Å². The first-order chi connectivity index (χ1) is 13.0. The molecule has 0 radical (unpaired) electrons. The Balaban J connectivity index is 2.12. The summed E-state index contributed by atoms with van der Waals surface area (Å²) < 4.78 is 5.37. The Kier molecular flexibility index (Phi) is 7.91. The zero-order chi connectivity index (χ0) is 19.8. The van der Waals surface area contributed by atoms with E-state index in [1.54, 1.807) is 14.0 Å². The zero-order valence-corrected chi connectivity index (χ0v) is 17.2. The van der Waals surface area contributed by atoms with Crippen LogP contribution in [-0.2, 0) is 4.79 Å². The van der Waals surface area contributed by atoms with Crippen LogP contribution in [0.1, 0.15) is 25.5 Å². The number of rotatable bonds is 6. The molecule has 0 bridgehead atoms. The number of guanidine groups is 1. The van der Waals surface area contributed by atoms with Gasteiger partial charge in [-0.1, -0.05) is 12.1 Å². The van der Waals surface area contributed by atoms with Crippen molar-refractivity contribution in [1.82, 2.24) is 20.0 Å². The molecule has 2 rings (SSSR count). The number of likely N-dealkylation sites (N-methyl/N-ethyl adjacent to an activating group) is 1. The van der Waals surface area contributed by atoms with E-state index in [4.69, 9.17) is 9.73 Å². The molecule has 1 aromatic carbocycles. The van der Waals surface area contributed by atoms with Gasteiger partial charge in [-0.15, -0.1) is 0 Å². The number of hydrogen-bond acceptors (Lipinski definition) is 4. The van der Waals surface area contributed by atoms with Crippen molar-refractivity contribution in [1.29, 1.82) is 0 Å². The fraction of sp³-hybridized carbons (Fsp3) is 0.600. The summed E-state index contributed by atoms with van der Waals surface area (Å²) in [5.41, 5.74) is 1.18. The highest BCUT2D eigenvalue weighted by atomic mass is 16.5. The second-order valence-corrected chi connectivity index (χ2v) is 6.94. The monoisotopic (exact) mass is 375 g/mol. The lowest BCUT2D eigenvalue weighted by Crippen LogP contribution is -2.53. The first-order valence-electron chi connectivity index (χ1n) is 9.55. The maximum absolute atomic E-state index is 11.5. The minimum absolute atomic E-state index is 0.141. The summed E-state index contributed by atoms with van der Waals surface area (Å²) in [5.74, 6) is 1.91. The Morgan fingerprint density at radius 2 is 1.93 bits per heavy atom. The van der Waals surface area contributed by atoms with Gasteiger partial charge in [0, 0.05) is 39.6 Å². The largest absolute Gasteiger partial charge is 0.497 e. The number of aliphatic imine (C=N–C) groups is 1. The SMILES string of the molecule is CCNC(=NCC(c1cccc(OC)c1)N(C)C)N1CCN(C(C)=O)CC1. The van der Waals surface area contributed by atoms with E-state index >= 15 is 0 Å². The molecule has 0 aliphatic carbocycles. The number of amides is 1. The molecular formula is C20H33N5O2. The number of benzene rings is 1. The number of carbonyl (C=O) groups is 1. The molecule has 7 nitrogen and oxygen atoms in total. The van der Waals surface area contributed by atoms with E-state index < -0.39 is 0 Å². The highest BCUT2D eigenvalue weighted by molar-refractivity contribution is 5.80. The maximum Gasteiger partial charge on any atom is 0.219 e. The quantitative estimate of drug-likeness (QED) is 0.602. The number of carbonyl (C=O) groups excluding carboxylic acids is 1. The molecule has 1 saturated heterocycles. The summed E-state index contributed by atoms with van der Waals surface area (Å²) in [5, 5.41) is 3.39. The van der Waals surface area contributed by atoms with Gasteiger partial charge in [-0.25, -0.2) is 0 Å². The Morgan fingerprint density at radius 1 is 1.26 bits per heavy atom. The molecule has 0 saturated carbocycles. The Bertz CT molecular complexity index is 639. The smallest absolute Gasteiger partial charge is 0.219 e. The van der Waals surface area contributed by atoms with E-state index in [1.165, 1.54) is 5.56 Å². The van der Waals surface area contributed by atoms with Crippen molar-refractivity contribution >= 4 is 11.9 Å². The molecule has 1 heterocycles. The molecule has 1 atom stereocenters. The predicted molar refractivity (Wildman–Crippen MR) is 109 cm³/mol. The second kappa shape index (κ2) is 10.2. The van der Waals surface area contributed by atoms with E-state index in [9.17, 15) is 4.79 Å². The molecule has 7 heteroatoms. The van der Waals surface area contributed by atoms with Gasteiger partial charge >= 0.3 is 0 Å². The molecule has 1 aliphatic heterocycles. The number of piperazine rings is 1. The lowest BCUT2D eigenvalue weighted by molar-refractivity contribution is -0.130. The van der Waals surface area contributed by atoms with Crippen molar-refractivity contribution in [3.63, 3.8) is 0 Å². The minimum Gasteiger partial charge on any atom is -0.497 e. The summed E-state index contributed by atoms with van der Waals surface area (Å²) >= 11 is 0. The summed E-state index contributed by atoms with van der Waals surface area (Å²) in [6.07, 6.45) is 0. The normalized spacial score (nSPS) is 16.4. The van der Waals surface area contributed by atoms with E-state index in [1.807, 2.05) is 17.0 Å². The van der Waals surface area contributed by atoms with Gasteiger partial charge in [0.25, 0.3) is 0 Å². The van der Waals surface area contributed by atoms with Crippen molar-refractivity contribution in [3.8, 4) is 5.75 Å². The van der Waals surface area contributed by atoms with Crippen LogP contribution in [-0.4, -0.2) is 87.0 Å². The Labute approximate surface area is 163 Å². The van der Waals surface area contributed by atoms with Crippen molar-refractivity contribution in [3.05, 3.63) is 29.8 Å². The minimum atomic E-state index is 0.141. The first kappa shape index (κ1) is 21.0. The second-order valence-electron chi connectivity index (χ2n) is 6.94. The molecule has 1 fully saturated rings. The van der Waals surface area contributed by atoms with Crippen molar-refractivity contribution < 1.29 is 9.53 Å². The molecule has 0 aromatic heterocycles. The summed E-state index contributed by atoms with van der Waals surface area (Å²) in [4.78, 5) is 22.8. The average Bonchev–Trinajstić information content (AvgIpc) is 2.67. The van der Waals surface area contributed by atoms with Crippen molar-refractivity contribution in [2.24, 2.45) is 4.99 Å². The molecule has 1 aromatic rings. The van der Waals surface area contributed by atoms with Crippen LogP contribution in [0, 0.1) is 0 Å². The van der Waals surface area contributed by atoms with Crippen LogP contribution in [0.5, 0.6) is 5.75 Å². The van der Waals surface area contributed by atoms with Crippen LogP contribution < -0.4 is 10.1 Å². The number of ether oxygens (including phenoxy) is 1. The van der Waals surface area contributed by atoms with Gasteiger partial charge in [0.2, 0.25) is 5.91 Å². The predicted octanol–water partition coefficient (Wildman–Crippen LogP) is 1.43. The van der Waals surface area contributed by atoms with Crippen LogP contribution in [0.2, 0.25) is 0 Å². The molecule has 1 aliphatic rings. The lowest BCUT2D eigenvalue weighted by Gasteiger charge is -2.36. The standard InChI is InChI=1S/C20H33N5O2/c1-6-21-20(25-12-10-24(11-13-25)16(2)26)22-15-19(23(3)4)17-8-7-9-18(14-17)27-5/h7-9,14,19H,6,10-13,15H2,1-5H3,(H,21,22). The summed E-state index contributed by atoms with van der Waals surface area (Å²) in [6.45, 7) is 8.26. The van der Waals surface area contributed by atoms with Crippen LogP contribution in [0.25, 0.3) is 0 Å². The fourth-order valence-corrected chi connectivity index (χ4v) is 3.25. The first-order valence-corrected chi connectivity index (χ1v) is 9.55. The third-order valence-corrected chi connectivity index (χ3v) is 4.88. The number of nitrogens with one attached hydrogen (secondary N) is 1. The molecule has 1 N–H and O–H groups in total. The van der Waals surface area contributed by atoms with Gasteiger partial charge in [-0.2, -0.15) is 0 Å². The number of hydrogen-bond donors (Lipinski definition) is 1. The molecule has 27 heavy (non-hydrogen) atoms. The van der Waals surface area contributed by atoms with E-state index in [-0.39, 0.29) is 11.9 Å². The highest BCUT2D eigenvalue weighted by Crippen LogP contribution is 2.23. The number of nitrogens with zero attached hydrogens (tertiary/aromatic N) is 4. The Hall–Kier alpha value is -2.28. The molecular weight excluding hydrogens is 342 g/mol. The van der Waals surface area contributed by atoms with Crippen molar-refractivity contribution in [2.75, 3.05) is 60.5 Å². The van der Waals surface area contributed by atoms with Crippen molar-refractivity contribution in [2.45, 2.75) is 19.9 Å². The zero-order valence-electron chi connectivity index (χ0n) is 17.2. The fourth-order valence-electron chi connectivity index (χ4n) is 3.25. The Morgan fingerprint density at radius 3 is 2.48 bits per heavy atom. The summed E-state index contributed by atoms with van der Waals surface area (Å²) in [7, 11) is 5.82. The van der Waals surface area contributed by atoms with Gasteiger partial charge in [0.1, 0.15) is 5.75 Å².